The number of nitrogens with zero attached hydrogens (tertiary/aromatic N) is 4. The molecule has 2 aliphatic rings. The summed E-state index contributed by atoms with van der Waals surface area (Å²) in [5.41, 5.74) is -0.0766. The number of hydrogen-bond donors (Lipinski definition) is 2. The molecule has 184 valence electrons. The van der Waals surface area contributed by atoms with Crippen LogP contribution in [-0.2, 0) is 26.3 Å². The van der Waals surface area contributed by atoms with E-state index in [-0.39, 0.29) is 34.8 Å². The number of fused-ring (bicyclic) bond motifs is 1. The summed E-state index contributed by atoms with van der Waals surface area (Å²) in [7, 11) is 1.67. The second kappa shape index (κ2) is 9.59. The summed E-state index contributed by atoms with van der Waals surface area (Å²) < 4.78 is 41.8. The minimum absolute atomic E-state index is 0.00191. The Balaban J connectivity index is 1.75. The van der Waals surface area contributed by atoms with E-state index in [0.29, 0.717) is 28.0 Å². The van der Waals surface area contributed by atoms with E-state index >= 15 is 0 Å². The van der Waals surface area contributed by atoms with Crippen molar-refractivity contribution in [2.24, 2.45) is 18.0 Å². The molecule has 1 atom stereocenters. The second-order valence-corrected chi connectivity index (χ2v) is 10.5. The summed E-state index contributed by atoms with van der Waals surface area (Å²) in [6.07, 6.45) is 0.981. The van der Waals surface area contributed by atoms with Crippen LogP contribution in [0.1, 0.15) is 50.8 Å². The van der Waals surface area contributed by atoms with Gasteiger partial charge in [-0.3, -0.25) is 24.3 Å². The number of halogens is 3. The summed E-state index contributed by atoms with van der Waals surface area (Å²) in [6, 6.07) is 2.33. The molecule has 0 radical (unpaired) electrons. The molecule has 1 unspecified atom stereocenters. The van der Waals surface area contributed by atoms with Gasteiger partial charge in [-0.25, -0.2) is 4.99 Å². The average Bonchev–Trinajstić information content (AvgIpc) is 3.46. The molecule has 1 saturated carbocycles. The second-order valence-electron chi connectivity index (χ2n) is 9.20. The highest BCUT2D eigenvalue weighted by atomic mass is 32.2. The Bertz CT molecular complexity index is 1290. The van der Waals surface area contributed by atoms with Gasteiger partial charge in [0.25, 0.3) is 5.56 Å². The van der Waals surface area contributed by atoms with Gasteiger partial charge in [0, 0.05) is 25.0 Å². The van der Waals surface area contributed by atoms with Crippen LogP contribution < -0.4 is 27.2 Å². The molecular formula is C23H29F3N6OS. The molecule has 0 spiro atoms. The summed E-state index contributed by atoms with van der Waals surface area (Å²) in [6.45, 7) is 4.87. The highest BCUT2D eigenvalue weighted by Crippen LogP contribution is 2.33. The molecule has 34 heavy (non-hydrogen) atoms. The predicted molar refractivity (Wildman–Crippen MR) is 124 cm³/mol. The number of nitrogens with one attached hydrogen (secondary N) is 2. The van der Waals surface area contributed by atoms with Gasteiger partial charge >= 0.3 is 6.18 Å². The van der Waals surface area contributed by atoms with Crippen LogP contribution >= 0.6 is 11.8 Å². The van der Waals surface area contributed by atoms with Crippen LogP contribution in [0.2, 0.25) is 0 Å². The van der Waals surface area contributed by atoms with Crippen LogP contribution in [0.3, 0.4) is 0 Å². The van der Waals surface area contributed by atoms with Crippen molar-refractivity contribution in [2.75, 3.05) is 0 Å². The van der Waals surface area contributed by atoms with Crippen LogP contribution in [-0.4, -0.2) is 25.4 Å². The van der Waals surface area contributed by atoms with Gasteiger partial charge in [-0.1, -0.05) is 32.8 Å². The van der Waals surface area contributed by atoms with E-state index in [4.69, 9.17) is 5.41 Å². The van der Waals surface area contributed by atoms with Crippen LogP contribution in [0.4, 0.5) is 13.2 Å². The average molecular weight is 495 g/mol. The lowest BCUT2D eigenvalue weighted by Crippen LogP contribution is -2.58. The van der Waals surface area contributed by atoms with E-state index < -0.39 is 11.9 Å². The minimum Gasteiger partial charge on any atom is -0.375 e. The topological polar surface area (TPSA) is 88.1 Å². The molecule has 1 aliphatic carbocycles. The zero-order valence-corrected chi connectivity index (χ0v) is 20.3. The monoisotopic (exact) mass is 494 g/mol. The molecule has 4 rings (SSSR count). The maximum Gasteiger partial charge on any atom is 0.433 e. The fraction of sp³-hybridized carbons (Fsp3) is 0.565. The van der Waals surface area contributed by atoms with Gasteiger partial charge in [-0.2, -0.15) is 13.2 Å². The van der Waals surface area contributed by atoms with Crippen molar-refractivity contribution in [1.29, 1.82) is 5.41 Å². The highest BCUT2D eigenvalue weighted by Gasteiger charge is 2.32. The van der Waals surface area contributed by atoms with Gasteiger partial charge in [0.2, 0.25) is 5.62 Å². The van der Waals surface area contributed by atoms with Crippen molar-refractivity contribution in [1.82, 2.24) is 19.4 Å². The van der Waals surface area contributed by atoms with Gasteiger partial charge in [-0.05, 0) is 30.4 Å². The Morgan fingerprint density at radius 2 is 2.00 bits per heavy atom. The smallest absolute Gasteiger partial charge is 0.375 e. The van der Waals surface area contributed by atoms with Gasteiger partial charge in [0.15, 0.2) is 0 Å². The molecule has 2 aromatic rings. The third-order valence-electron chi connectivity index (χ3n) is 6.37. The normalized spacial score (nSPS) is 19.3. The first kappa shape index (κ1) is 24.6. The molecule has 11 heteroatoms. The van der Waals surface area contributed by atoms with Crippen molar-refractivity contribution >= 4 is 16.8 Å². The van der Waals surface area contributed by atoms with E-state index in [9.17, 15) is 18.0 Å². The van der Waals surface area contributed by atoms with Gasteiger partial charge in [-0.15, -0.1) is 11.8 Å². The predicted octanol–water partition coefficient (Wildman–Crippen LogP) is 2.27. The summed E-state index contributed by atoms with van der Waals surface area (Å²) >= 11 is 1.55. The van der Waals surface area contributed by atoms with Crippen LogP contribution in [0.25, 0.3) is 5.03 Å². The third kappa shape index (κ3) is 4.94. The number of thioether (sulfide) groups is 1. The van der Waals surface area contributed by atoms with Crippen molar-refractivity contribution < 1.29 is 13.2 Å². The lowest BCUT2D eigenvalue weighted by Gasteiger charge is -2.16. The summed E-state index contributed by atoms with van der Waals surface area (Å²) in [4.78, 5) is 21.6. The number of hydrogen-bond acceptors (Lipinski definition) is 6. The summed E-state index contributed by atoms with van der Waals surface area (Å²) in [5, 5.41) is 13.3. The van der Waals surface area contributed by atoms with Crippen LogP contribution in [0.15, 0.2) is 28.1 Å². The quantitative estimate of drug-likeness (QED) is 0.645. The maximum absolute atomic E-state index is 13.4. The van der Waals surface area contributed by atoms with Gasteiger partial charge in [0.1, 0.15) is 16.4 Å². The molecule has 2 aromatic heterocycles. The molecule has 1 fully saturated rings. The molecule has 3 heterocycles. The fourth-order valence-corrected chi connectivity index (χ4v) is 5.65. The minimum atomic E-state index is -4.49. The van der Waals surface area contributed by atoms with Crippen molar-refractivity contribution in [2.45, 2.75) is 70.1 Å². The number of pyridine rings is 1. The standard InChI is InChI=1S/C23H29F3N6OS/c1-13(2)16-12-32-19(27)18(21(33)31(3)22(32)30-16)20(34-15-6-4-5-7-15)29-11-14-8-9-17(28-10-14)23(24,25)26/h8-10,13,15-16,27,29H,4-7,11-12H2,1-3H3. The van der Waals surface area contributed by atoms with E-state index in [1.165, 1.54) is 16.8 Å². The van der Waals surface area contributed by atoms with E-state index in [0.717, 1.165) is 31.7 Å². The number of aromatic nitrogens is 3. The Labute approximate surface area is 199 Å². The first-order valence-electron chi connectivity index (χ1n) is 11.5. The molecule has 0 aromatic carbocycles. The largest absolute Gasteiger partial charge is 0.433 e. The SMILES string of the molecule is CC(C)C1Cn2c(=N)c(=C(NCc3ccc(C(F)(F)F)nc3)SC3CCCC3)c(=O)n(C)c2=N1. The highest BCUT2D eigenvalue weighted by molar-refractivity contribution is 8.08. The zero-order chi connectivity index (χ0) is 24.6. The van der Waals surface area contributed by atoms with Gasteiger partial charge in [0.05, 0.1) is 17.6 Å². The number of rotatable bonds is 6. The Hall–Kier alpha value is -2.56. The lowest BCUT2D eigenvalue weighted by atomic mass is 10.1. The zero-order valence-electron chi connectivity index (χ0n) is 19.4. The third-order valence-corrected chi connectivity index (χ3v) is 7.76. The Morgan fingerprint density at radius 3 is 2.59 bits per heavy atom. The Morgan fingerprint density at radius 1 is 1.29 bits per heavy atom. The number of alkyl halides is 3. The fourth-order valence-electron chi connectivity index (χ4n) is 4.29. The lowest BCUT2D eigenvalue weighted by molar-refractivity contribution is -0.141. The Kier molecular flexibility index (Phi) is 6.93. The molecule has 0 amide bonds. The van der Waals surface area contributed by atoms with E-state index in [2.05, 4.69) is 29.1 Å². The van der Waals surface area contributed by atoms with Crippen LogP contribution in [0.5, 0.6) is 0 Å². The van der Waals surface area contributed by atoms with E-state index in [1.807, 2.05) is 0 Å². The molecule has 1 aliphatic heterocycles. The van der Waals surface area contributed by atoms with Gasteiger partial charge < -0.3 is 5.32 Å². The van der Waals surface area contributed by atoms with Crippen molar-refractivity contribution in [3.8, 4) is 0 Å². The summed E-state index contributed by atoms with van der Waals surface area (Å²) in [5.74, 6) is 0.277. The van der Waals surface area contributed by atoms with Crippen LogP contribution in [0, 0.1) is 11.3 Å². The molecular weight excluding hydrogens is 465 g/mol. The molecule has 2 N–H and O–H groups in total. The molecule has 0 bridgehead atoms. The maximum atomic E-state index is 13.4. The van der Waals surface area contributed by atoms with Crippen molar-refractivity contribution in [3.05, 3.63) is 56.3 Å². The first-order chi connectivity index (χ1) is 16.1. The molecule has 0 saturated heterocycles. The van der Waals surface area contributed by atoms with E-state index in [1.54, 1.807) is 23.4 Å². The van der Waals surface area contributed by atoms with Crippen molar-refractivity contribution in [3.63, 3.8) is 0 Å². The first-order valence-corrected chi connectivity index (χ1v) is 12.3. The molecule has 7 nitrogen and oxygen atoms in total.